The normalized spacial score (nSPS) is 12.5. The Morgan fingerprint density at radius 1 is 0.556 bits per heavy atom. The van der Waals surface area contributed by atoms with Crippen molar-refractivity contribution in [2.45, 2.75) is 194 Å². The van der Waals surface area contributed by atoms with E-state index < -0.39 is 0 Å². The average Bonchev–Trinajstić information content (AvgIpc) is 2.88. The van der Waals surface area contributed by atoms with Crippen LogP contribution in [0.2, 0.25) is 0 Å². The zero-order valence-electron chi connectivity index (χ0n) is 25.2. The molecule has 2 atom stereocenters. The Morgan fingerprint density at radius 3 is 1.39 bits per heavy atom. The van der Waals surface area contributed by atoms with Crippen molar-refractivity contribution in [1.82, 2.24) is 0 Å². The smallest absolute Gasteiger partial charge is 0.308 e. The van der Waals surface area contributed by atoms with Crippen LogP contribution in [-0.2, 0) is 9.32 Å². The summed E-state index contributed by atoms with van der Waals surface area (Å²) in [6.45, 7) is 6.97. The molecule has 36 heavy (non-hydrogen) atoms. The molecule has 0 rings (SSSR count). The summed E-state index contributed by atoms with van der Waals surface area (Å²) in [6.07, 6.45) is 37.2. The van der Waals surface area contributed by atoms with Crippen LogP contribution in [0.25, 0.3) is 0 Å². The minimum Gasteiger partial charge on any atom is -0.448 e. The number of unbranched alkanes of at least 4 members (excludes halogenated alkanes) is 22. The van der Waals surface area contributed by atoms with E-state index in [-0.39, 0.29) is 5.97 Å². The Bertz CT molecular complexity index is 426. The third-order valence-electron chi connectivity index (χ3n) is 7.84. The van der Waals surface area contributed by atoms with Crippen LogP contribution in [0.5, 0.6) is 0 Å². The van der Waals surface area contributed by atoms with E-state index in [1.54, 1.807) is 0 Å². The third-order valence-corrected chi connectivity index (χ3v) is 8.77. The molecule has 0 fully saturated rings. The van der Waals surface area contributed by atoms with Crippen molar-refractivity contribution in [3.05, 3.63) is 0 Å². The first-order valence-electron chi connectivity index (χ1n) is 16.6. The largest absolute Gasteiger partial charge is 0.448 e. The predicted octanol–water partition coefficient (Wildman–Crippen LogP) is 12.3. The van der Waals surface area contributed by atoms with Crippen molar-refractivity contribution >= 4 is 14.8 Å². The van der Waals surface area contributed by atoms with Crippen molar-refractivity contribution in [3.63, 3.8) is 0 Å². The monoisotopic (exact) mass is 526 g/mol. The lowest BCUT2D eigenvalue weighted by molar-refractivity contribution is -0.133. The zero-order valence-corrected chi connectivity index (χ0v) is 26.2. The van der Waals surface area contributed by atoms with E-state index in [1.807, 2.05) is 0 Å². The first-order valence-corrected chi connectivity index (χ1v) is 17.7. The van der Waals surface area contributed by atoms with E-state index >= 15 is 0 Å². The van der Waals surface area contributed by atoms with Crippen LogP contribution in [0.15, 0.2) is 0 Å². The van der Waals surface area contributed by atoms with Gasteiger partial charge in [0.2, 0.25) is 0 Å². The number of carbonyl (C=O) groups is 1. The molecule has 0 aromatic heterocycles. The molecule has 0 bridgehead atoms. The standard InChI is InChI=1S/C33H67O2P/c1-4-6-7-8-9-10-11-12-13-14-15-18-21-24-27-30-33(34)35-36-31-28-25-22-19-16-17-20-23-26-29-32(3)5-2/h32,36H,4-31H2,1-3H3. The van der Waals surface area contributed by atoms with Crippen LogP contribution < -0.4 is 0 Å². The van der Waals surface area contributed by atoms with Crippen LogP contribution >= 0.6 is 8.81 Å². The van der Waals surface area contributed by atoms with Gasteiger partial charge in [-0.3, -0.25) is 4.79 Å². The van der Waals surface area contributed by atoms with Gasteiger partial charge in [0, 0.05) is 12.6 Å². The fraction of sp³-hybridized carbons (Fsp3) is 0.970. The van der Waals surface area contributed by atoms with Gasteiger partial charge in [-0.05, 0) is 18.8 Å². The molecule has 216 valence electrons. The molecule has 0 aromatic carbocycles. The lowest BCUT2D eigenvalue weighted by Crippen LogP contribution is -1.98. The van der Waals surface area contributed by atoms with E-state index in [0.717, 1.165) is 18.5 Å². The topological polar surface area (TPSA) is 26.3 Å². The van der Waals surface area contributed by atoms with Crippen molar-refractivity contribution in [2.75, 3.05) is 6.16 Å². The van der Waals surface area contributed by atoms with Crippen molar-refractivity contribution < 1.29 is 9.32 Å². The second-order valence-electron chi connectivity index (χ2n) is 11.6. The van der Waals surface area contributed by atoms with Crippen molar-refractivity contribution in [1.29, 1.82) is 0 Å². The molecule has 0 N–H and O–H groups in total. The molecule has 0 radical (unpaired) electrons. The van der Waals surface area contributed by atoms with Crippen LogP contribution in [-0.4, -0.2) is 12.1 Å². The van der Waals surface area contributed by atoms with Crippen molar-refractivity contribution in [3.8, 4) is 0 Å². The van der Waals surface area contributed by atoms with E-state index in [0.29, 0.717) is 15.2 Å². The van der Waals surface area contributed by atoms with E-state index in [9.17, 15) is 4.79 Å². The quantitative estimate of drug-likeness (QED) is 0.0687. The summed E-state index contributed by atoms with van der Waals surface area (Å²) in [4.78, 5) is 11.9. The predicted molar refractivity (Wildman–Crippen MR) is 164 cm³/mol. The lowest BCUT2D eigenvalue weighted by Gasteiger charge is -2.07. The van der Waals surface area contributed by atoms with Crippen LogP contribution in [0, 0.1) is 5.92 Å². The Morgan fingerprint density at radius 2 is 0.944 bits per heavy atom. The summed E-state index contributed by atoms with van der Waals surface area (Å²) in [5, 5.41) is 0. The SMILES string of the molecule is CCCCCCCCCCCCCCCCCC(=O)OPCCCCCCCCCCCC(C)CC. The van der Waals surface area contributed by atoms with Gasteiger partial charge in [0.15, 0.2) is 0 Å². The Hall–Kier alpha value is -0.100. The second-order valence-corrected chi connectivity index (χ2v) is 12.5. The highest BCUT2D eigenvalue weighted by molar-refractivity contribution is 7.32. The fourth-order valence-corrected chi connectivity index (χ4v) is 5.71. The molecule has 0 amide bonds. The van der Waals surface area contributed by atoms with Gasteiger partial charge in [-0.2, -0.15) is 0 Å². The van der Waals surface area contributed by atoms with Gasteiger partial charge < -0.3 is 4.52 Å². The molecule has 0 aliphatic carbocycles. The summed E-state index contributed by atoms with van der Waals surface area (Å²) in [7, 11) is 0.383. The summed E-state index contributed by atoms with van der Waals surface area (Å²) in [5.74, 6) is 0.954. The fourth-order valence-electron chi connectivity index (χ4n) is 4.95. The number of rotatable bonds is 30. The minimum atomic E-state index is 0.0383. The Kier molecular flexibility index (Phi) is 31.0. The molecule has 0 aliphatic heterocycles. The summed E-state index contributed by atoms with van der Waals surface area (Å²) in [5.41, 5.74) is 0. The van der Waals surface area contributed by atoms with Crippen LogP contribution in [0.3, 0.4) is 0 Å². The first-order chi connectivity index (χ1) is 17.7. The molecule has 2 unspecified atom stereocenters. The van der Waals surface area contributed by atoms with Crippen LogP contribution in [0.1, 0.15) is 194 Å². The van der Waals surface area contributed by atoms with Crippen LogP contribution in [0.4, 0.5) is 0 Å². The molecule has 0 saturated carbocycles. The van der Waals surface area contributed by atoms with Gasteiger partial charge in [-0.25, -0.2) is 0 Å². The maximum atomic E-state index is 11.9. The summed E-state index contributed by atoms with van der Waals surface area (Å²) < 4.78 is 5.46. The van der Waals surface area contributed by atoms with Gasteiger partial charge in [-0.15, -0.1) is 0 Å². The van der Waals surface area contributed by atoms with Gasteiger partial charge in [0.25, 0.3) is 0 Å². The Labute approximate surface area is 230 Å². The lowest BCUT2D eigenvalue weighted by atomic mass is 9.99. The second kappa shape index (κ2) is 31.1. The average molecular weight is 527 g/mol. The molecule has 0 saturated heterocycles. The Balaban J connectivity index is 3.16. The molecular weight excluding hydrogens is 459 g/mol. The van der Waals surface area contributed by atoms with Gasteiger partial charge in [-0.1, -0.05) is 175 Å². The number of hydrogen-bond acceptors (Lipinski definition) is 2. The van der Waals surface area contributed by atoms with E-state index in [2.05, 4.69) is 20.8 Å². The highest BCUT2D eigenvalue weighted by Crippen LogP contribution is 2.19. The maximum Gasteiger partial charge on any atom is 0.308 e. The summed E-state index contributed by atoms with van der Waals surface area (Å²) in [6, 6.07) is 0. The number of carbonyl (C=O) groups excluding carboxylic acids is 1. The van der Waals surface area contributed by atoms with Gasteiger partial charge in [0.05, 0.1) is 8.81 Å². The highest BCUT2D eigenvalue weighted by atomic mass is 31.1. The first kappa shape index (κ1) is 35.9. The molecule has 0 spiro atoms. The highest BCUT2D eigenvalue weighted by Gasteiger charge is 2.03. The molecule has 0 aromatic rings. The zero-order chi connectivity index (χ0) is 26.4. The maximum absolute atomic E-state index is 11.9. The minimum absolute atomic E-state index is 0.0383. The third kappa shape index (κ3) is 30.1. The molecule has 3 heteroatoms. The van der Waals surface area contributed by atoms with E-state index in [4.69, 9.17) is 4.52 Å². The van der Waals surface area contributed by atoms with Gasteiger partial charge in [0.1, 0.15) is 0 Å². The molecule has 0 heterocycles. The molecule has 0 aliphatic rings. The van der Waals surface area contributed by atoms with E-state index in [1.165, 1.54) is 161 Å². The van der Waals surface area contributed by atoms with Gasteiger partial charge >= 0.3 is 5.97 Å². The van der Waals surface area contributed by atoms with Crippen molar-refractivity contribution in [2.24, 2.45) is 5.92 Å². The molecule has 2 nitrogen and oxygen atoms in total. The summed E-state index contributed by atoms with van der Waals surface area (Å²) >= 11 is 0. The molecular formula is C33H67O2P. The number of hydrogen-bond donors (Lipinski definition) is 0.